The molecule has 2 aromatic carbocycles. The molecule has 1 aliphatic heterocycles. The number of ether oxygens (including phenoxy) is 2. The predicted octanol–water partition coefficient (Wildman–Crippen LogP) is 3.35. The summed E-state index contributed by atoms with van der Waals surface area (Å²) in [6.45, 7) is 3.94. The molecule has 0 unspecified atom stereocenters. The highest BCUT2D eigenvalue weighted by atomic mass is 32.2. The van der Waals surface area contributed by atoms with Crippen molar-refractivity contribution in [1.29, 1.82) is 0 Å². The molecule has 1 aliphatic rings. The average molecular weight is 476 g/mol. The van der Waals surface area contributed by atoms with E-state index >= 15 is 0 Å². The van der Waals surface area contributed by atoms with Gasteiger partial charge in [-0.1, -0.05) is 6.92 Å². The Morgan fingerprint density at radius 1 is 1.09 bits per heavy atom. The van der Waals surface area contributed by atoms with Gasteiger partial charge in [-0.05, 0) is 74.8 Å². The van der Waals surface area contributed by atoms with E-state index in [4.69, 9.17) is 9.47 Å². The first-order valence-electron chi connectivity index (χ1n) is 11.1. The van der Waals surface area contributed by atoms with Crippen LogP contribution in [0.4, 0.5) is 11.4 Å². The topological polar surface area (TPSA) is 88.2 Å². The highest BCUT2D eigenvalue weighted by Gasteiger charge is 2.20. The second-order valence-corrected chi connectivity index (χ2v) is 10.4. The van der Waals surface area contributed by atoms with Gasteiger partial charge in [0.25, 0.3) is 5.91 Å². The number of sulfonamides is 1. The molecule has 9 heteroatoms. The van der Waals surface area contributed by atoms with Crippen molar-refractivity contribution in [2.24, 2.45) is 0 Å². The molecule has 1 atom stereocenters. The van der Waals surface area contributed by atoms with E-state index in [1.54, 1.807) is 24.3 Å². The molecule has 0 saturated carbocycles. The Labute approximate surface area is 196 Å². The van der Waals surface area contributed by atoms with Crippen LogP contribution in [0.5, 0.6) is 11.5 Å². The Bertz CT molecular complexity index is 1020. The quantitative estimate of drug-likeness (QED) is 0.598. The molecule has 33 heavy (non-hydrogen) atoms. The Kier molecular flexibility index (Phi) is 8.20. The molecule has 0 aromatic heterocycles. The number of piperidine rings is 1. The molecule has 1 amide bonds. The molecule has 1 N–H and O–H groups in total. The van der Waals surface area contributed by atoms with E-state index in [9.17, 15) is 13.2 Å². The van der Waals surface area contributed by atoms with Crippen molar-refractivity contribution in [1.82, 2.24) is 4.90 Å². The minimum atomic E-state index is -3.34. The molecule has 3 rings (SSSR count). The number of rotatable bonds is 9. The number of carbonyl (C=O) groups excluding carboxylic acids is 1. The van der Waals surface area contributed by atoms with Crippen LogP contribution in [0.25, 0.3) is 0 Å². The lowest BCUT2D eigenvalue weighted by Gasteiger charge is -2.29. The molecule has 2 aromatic rings. The zero-order valence-corrected chi connectivity index (χ0v) is 20.5. The van der Waals surface area contributed by atoms with Crippen molar-refractivity contribution in [2.75, 3.05) is 43.1 Å². The first kappa shape index (κ1) is 24.9. The van der Waals surface area contributed by atoms with Crippen LogP contribution in [0, 0.1) is 0 Å². The molecule has 8 nitrogen and oxygen atoms in total. The van der Waals surface area contributed by atoms with E-state index in [1.807, 2.05) is 31.2 Å². The van der Waals surface area contributed by atoms with Crippen LogP contribution in [-0.2, 0) is 14.8 Å². The number of likely N-dealkylation sites (tertiary alicyclic amines) is 1. The highest BCUT2D eigenvalue weighted by molar-refractivity contribution is 7.92. The summed E-state index contributed by atoms with van der Waals surface area (Å²) in [6, 6.07) is 14.0. The first-order chi connectivity index (χ1) is 15.7. The number of nitrogens with one attached hydrogen (secondary N) is 1. The van der Waals surface area contributed by atoms with Crippen molar-refractivity contribution in [3.05, 3.63) is 48.5 Å². The van der Waals surface area contributed by atoms with Gasteiger partial charge in [-0.25, -0.2) is 8.42 Å². The van der Waals surface area contributed by atoms with E-state index in [2.05, 4.69) is 17.3 Å². The minimum Gasteiger partial charge on any atom is -0.490 e. The van der Waals surface area contributed by atoms with Crippen LogP contribution >= 0.6 is 0 Å². The fraction of sp³-hybridized carbons (Fsp3) is 0.458. The molecule has 180 valence electrons. The van der Waals surface area contributed by atoms with Gasteiger partial charge in [0, 0.05) is 25.8 Å². The fourth-order valence-corrected chi connectivity index (χ4v) is 4.05. The summed E-state index contributed by atoms with van der Waals surface area (Å²) in [5, 5.41) is 2.89. The van der Waals surface area contributed by atoms with Gasteiger partial charge in [0.15, 0.2) is 6.10 Å². The van der Waals surface area contributed by atoms with Gasteiger partial charge in [-0.15, -0.1) is 0 Å². The molecular weight excluding hydrogens is 442 g/mol. The van der Waals surface area contributed by atoms with Crippen LogP contribution in [0.2, 0.25) is 0 Å². The number of anilines is 2. The van der Waals surface area contributed by atoms with Gasteiger partial charge in [0.1, 0.15) is 17.6 Å². The normalized spacial score (nSPS) is 16.1. The summed E-state index contributed by atoms with van der Waals surface area (Å²) < 4.78 is 36.4. The third-order valence-electron chi connectivity index (χ3n) is 5.73. The number of hydrogen-bond donors (Lipinski definition) is 1. The molecular formula is C24H33N3O5S. The van der Waals surface area contributed by atoms with Crippen molar-refractivity contribution in [2.45, 2.75) is 38.4 Å². The Morgan fingerprint density at radius 3 is 2.21 bits per heavy atom. The highest BCUT2D eigenvalue weighted by Crippen LogP contribution is 2.23. The summed E-state index contributed by atoms with van der Waals surface area (Å²) in [7, 11) is 0.262. The number of benzene rings is 2. The summed E-state index contributed by atoms with van der Waals surface area (Å²) in [5.41, 5.74) is 1.19. The summed E-state index contributed by atoms with van der Waals surface area (Å²) in [5.74, 6) is 1.04. The predicted molar refractivity (Wildman–Crippen MR) is 131 cm³/mol. The summed E-state index contributed by atoms with van der Waals surface area (Å²) in [4.78, 5) is 15.0. The molecule has 0 bridgehead atoms. The number of hydrogen-bond acceptors (Lipinski definition) is 6. The van der Waals surface area contributed by atoms with Crippen LogP contribution in [0.3, 0.4) is 0 Å². The third-order valence-corrected chi connectivity index (χ3v) is 6.94. The lowest BCUT2D eigenvalue weighted by Crippen LogP contribution is -2.35. The summed E-state index contributed by atoms with van der Waals surface area (Å²) >= 11 is 0. The van der Waals surface area contributed by atoms with Gasteiger partial charge < -0.3 is 19.7 Å². The standard InChI is InChI=1S/C24H33N3O5S/c1-5-23(32-21-12-8-19(9-13-21)27(3)33(4,29)30)24(28)25-18-6-10-20(11-7-18)31-22-14-16-26(2)17-15-22/h6-13,22-23H,5,14-17H2,1-4H3,(H,25,28)/t23-/m0/s1. The van der Waals surface area contributed by atoms with E-state index < -0.39 is 16.1 Å². The van der Waals surface area contributed by atoms with E-state index in [1.165, 1.54) is 11.4 Å². The van der Waals surface area contributed by atoms with Crippen LogP contribution in [-0.4, -0.2) is 64.9 Å². The monoisotopic (exact) mass is 475 g/mol. The molecule has 0 aliphatic carbocycles. The molecule has 1 fully saturated rings. The molecule has 1 saturated heterocycles. The maximum atomic E-state index is 12.7. The lowest BCUT2D eigenvalue weighted by molar-refractivity contribution is -0.122. The maximum Gasteiger partial charge on any atom is 0.265 e. The van der Waals surface area contributed by atoms with Gasteiger partial charge in [-0.3, -0.25) is 9.10 Å². The molecule has 0 radical (unpaired) electrons. The number of carbonyl (C=O) groups is 1. The second kappa shape index (κ2) is 10.9. The molecule has 1 heterocycles. The number of nitrogens with zero attached hydrogens (tertiary/aromatic N) is 2. The van der Waals surface area contributed by atoms with Crippen LogP contribution < -0.4 is 19.1 Å². The van der Waals surface area contributed by atoms with Crippen molar-refractivity contribution >= 4 is 27.3 Å². The van der Waals surface area contributed by atoms with Crippen molar-refractivity contribution < 1.29 is 22.7 Å². The Hall–Kier alpha value is -2.78. The van der Waals surface area contributed by atoms with E-state index in [0.717, 1.165) is 37.9 Å². The SMILES string of the molecule is CC[C@H](Oc1ccc(N(C)S(C)(=O)=O)cc1)C(=O)Nc1ccc(OC2CCN(C)CC2)cc1. The zero-order valence-electron chi connectivity index (χ0n) is 19.7. The minimum absolute atomic E-state index is 0.225. The Morgan fingerprint density at radius 2 is 1.67 bits per heavy atom. The maximum absolute atomic E-state index is 12.7. The fourth-order valence-electron chi connectivity index (χ4n) is 3.55. The lowest BCUT2D eigenvalue weighted by atomic mass is 10.1. The van der Waals surface area contributed by atoms with Gasteiger partial charge >= 0.3 is 0 Å². The van der Waals surface area contributed by atoms with Gasteiger partial charge in [0.05, 0.1) is 11.9 Å². The smallest absolute Gasteiger partial charge is 0.265 e. The number of amides is 1. The largest absolute Gasteiger partial charge is 0.490 e. The molecule has 0 spiro atoms. The van der Waals surface area contributed by atoms with Gasteiger partial charge in [0.2, 0.25) is 10.0 Å². The van der Waals surface area contributed by atoms with Crippen molar-refractivity contribution in [3.8, 4) is 11.5 Å². The van der Waals surface area contributed by atoms with Gasteiger partial charge in [-0.2, -0.15) is 0 Å². The van der Waals surface area contributed by atoms with Crippen LogP contribution in [0.15, 0.2) is 48.5 Å². The summed E-state index contributed by atoms with van der Waals surface area (Å²) in [6.07, 6.45) is 3.18. The van der Waals surface area contributed by atoms with Crippen molar-refractivity contribution in [3.63, 3.8) is 0 Å². The third kappa shape index (κ3) is 7.10. The van der Waals surface area contributed by atoms with Crippen LogP contribution in [0.1, 0.15) is 26.2 Å². The first-order valence-corrected chi connectivity index (χ1v) is 13.0. The van der Waals surface area contributed by atoms with E-state index in [-0.39, 0.29) is 12.0 Å². The zero-order chi connectivity index (χ0) is 24.0. The average Bonchev–Trinajstić information content (AvgIpc) is 2.79. The Balaban J connectivity index is 1.55. The van der Waals surface area contributed by atoms with E-state index in [0.29, 0.717) is 23.5 Å². The second-order valence-electron chi connectivity index (χ2n) is 8.37.